The summed E-state index contributed by atoms with van der Waals surface area (Å²) in [5.74, 6) is 7.70. The number of nitrogens with zero attached hydrogens (tertiary/aromatic N) is 3. The van der Waals surface area contributed by atoms with Crippen molar-refractivity contribution < 1.29 is 9.84 Å². The maximum atomic E-state index is 8.65. The number of nitrogens with two attached hydrogens (primary N) is 1. The van der Waals surface area contributed by atoms with E-state index >= 15 is 0 Å². The van der Waals surface area contributed by atoms with Crippen LogP contribution in [0.3, 0.4) is 0 Å². The summed E-state index contributed by atoms with van der Waals surface area (Å²) in [6.07, 6.45) is 0.747. The first-order valence-electron chi connectivity index (χ1n) is 6.37. The number of hydrazine groups is 1. The summed E-state index contributed by atoms with van der Waals surface area (Å²) < 4.78 is 5.25. The van der Waals surface area contributed by atoms with Crippen LogP contribution in [-0.2, 0) is 11.2 Å². The number of nitrogens with one attached hydrogen (secondary N) is 1. The fourth-order valence-electron chi connectivity index (χ4n) is 1.69. The molecule has 19 heavy (non-hydrogen) atoms. The van der Waals surface area contributed by atoms with Gasteiger partial charge in [-0.15, -0.1) is 0 Å². The highest BCUT2D eigenvalue weighted by atomic mass is 16.5. The molecule has 0 bridgehead atoms. The molecule has 108 valence electrons. The summed E-state index contributed by atoms with van der Waals surface area (Å²) in [5, 5.41) is 8.65. The molecule has 0 unspecified atom stereocenters. The van der Waals surface area contributed by atoms with Crippen molar-refractivity contribution in [2.75, 3.05) is 43.7 Å². The highest BCUT2D eigenvalue weighted by Gasteiger charge is 2.13. The maximum absolute atomic E-state index is 8.65. The molecule has 0 atom stereocenters. The van der Waals surface area contributed by atoms with E-state index in [4.69, 9.17) is 15.7 Å². The molecule has 0 saturated heterocycles. The van der Waals surface area contributed by atoms with Gasteiger partial charge in [-0.2, -0.15) is 0 Å². The zero-order valence-electron chi connectivity index (χ0n) is 11.8. The Balaban J connectivity index is 2.79. The average Bonchev–Trinajstić information content (AvgIpc) is 2.43. The molecule has 0 spiro atoms. The Labute approximate surface area is 113 Å². The zero-order chi connectivity index (χ0) is 14.3. The SMILES string of the molecule is CCc1nc(NN)c(C)c(N(C)CCOCCO)n1. The highest BCUT2D eigenvalue weighted by Crippen LogP contribution is 2.22. The zero-order valence-corrected chi connectivity index (χ0v) is 11.8. The van der Waals surface area contributed by atoms with Gasteiger partial charge in [0.25, 0.3) is 0 Å². The number of likely N-dealkylation sites (N-methyl/N-ethyl adjacent to an activating group) is 1. The molecule has 0 aliphatic heterocycles. The van der Waals surface area contributed by atoms with Crippen LogP contribution in [0.2, 0.25) is 0 Å². The van der Waals surface area contributed by atoms with Crippen LogP contribution in [0.1, 0.15) is 18.3 Å². The van der Waals surface area contributed by atoms with Gasteiger partial charge < -0.3 is 20.2 Å². The summed E-state index contributed by atoms with van der Waals surface area (Å²) >= 11 is 0. The molecule has 0 amide bonds. The second kappa shape index (κ2) is 7.88. The highest BCUT2D eigenvalue weighted by molar-refractivity contribution is 5.57. The molecule has 0 radical (unpaired) electrons. The summed E-state index contributed by atoms with van der Waals surface area (Å²) in [6, 6.07) is 0. The van der Waals surface area contributed by atoms with Crippen molar-refractivity contribution in [1.82, 2.24) is 9.97 Å². The molecule has 0 aromatic carbocycles. The van der Waals surface area contributed by atoms with Crippen LogP contribution < -0.4 is 16.2 Å². The fourth-order valence-corrected chi connectivity index (χ4v) is 1.69. The molecule has 0 aliphatic carbocycles. The van der Waals surface area contributed by atoms with E-state index in [0.717, 1.165) is 23.6 Å². The molecule has 7 heteroatoms. The number of nitrogen functional groups attached to an aromatic ring is 1. The number of hydrogen-bond donors (Lipinski definition) is 3. The molecule has 7 nitrogen and oxygen atoms in total. The van der Waals surface area contributed by atoms with Gasteiger partial charge in [-0.1, -0.05) is 6.92 Å². The second-order valence-corrected chi connectivity index (χ2v) is 4.19. The van der Waals surface area contributed by atoms with Gasteiger partial charge in [0, 0.05) is 25.6 Å². The molecule has 4 N–H and O–H groups in total. The third-order valence-corrected chi connectivity index (χ3v) is 2.79. The maximum Gasteiger partial charge on any atom is 0.148 e. The first-order chi connectivity index (χ1) is 9.13. The summed E-state index contributed by atoms with van der Waals surface area (Å²) in [6.45, 7) is 5.54. The minimum Gasteiger partial charge on any atom is -0.394 e. The smallest absolute Gasteiger partial charge is 0.148 e. The van der Waals surface area contributed by atoms with Crippen LogP contribution in [0.4, 0.5) is 11.6 Å². The number of aryl methyl sites for hydroxylation is 1. The lowest BCUT2D eigenvalue weighted by atomic mass is 10.2. The van der Waals surface area contributed by atoms with Gasteiger partial charge in [0.15, 0.2) is 0 Å². The molecule has 0 aliphatic rings. The van der Waals surface area contributed by atoms with Crippen molar-refractivity contribution in [3.63, 3.8) is 0 Å². The van der Waals surface area contributed by atoms with E-state index < -0.39 is 0 Å². The van der Waals surface area contributed by atoms with Crippen LogP contribution >= 0.6 is 0 Å². The number of aliphatic hydroxyl groups excluding tert-OH is 1. The van der Waals surface area contributed by atoms with E-state index in [9.17, 15) is 0 Å². The van der Waals surface area contributed by atoms with E-state index in [1.807, 2.05) is 25.8 Å². The Morgan fingerprint density at radius 3 is 2.68 bits per heavy atom. The van der Waals surface area contributed by atoms with Gasteiger partial charge in [-0.05, 0) is 6.92 Å². The first-order valence-corrected chi connectivity index (χ1v) is 6.37. The monoisotopic (exact) mass is 269 g/mol. The summed E-state index contributed by atoms with van der Waals surface area (Å²) in [4.78, 5) is 10.8. The number of aromatic nitrogens is 2. The minimum atomic E-state index is 0.0392. The lowest BCUT2D eigenvalue weighted by Gasteiger charge is -2.21. The van der Waals surface area contributed by atoms with Gasteiger partial charge in [-0.25, -0.2) is 15.8 Å². The van der Waals surface area contributed by atoms with Crippen molar-refractivity contribution in [2.45, 2.75) is 20.3 Å². The average molecular weight is 269 g/mol. The lowest BCUT2D eigenvalue weighted by molar-refractivity contribution is 0.0970. The molecule has 0 saturated carbocycles. The van der Waals surface area contributed by atoms with Gasteiger partial charge in [0.2, 0.25) is 0 Å². The minimum absolute atomic E-state index is 0.0392. The van der Waals surface area contributed by atoms with E-state index in [1.54, 1.807) is 0 Å². The van der Waals surface area contributed by atoms with Crippen LogP contribution in [-0.4, -0.2) is 48.5 Å². The summed E-state index contributed by atoms with van der Waals surface area (Å²) in [7, 11) is 1.94. The Morgan fingerprint density at radius 2 is 2.11 bits per heavy atom. The second-order valence-electron chi connectivity index (χ2n) is 4.19. The quantitative estimate of drug-likeness (QED) is 0.349. The number of rotatable bonds is 8. The van der Waals surface area contributed by atoms with Crippen LogP contribution in [0.5, 0.6) is 0 Å². The Kier molecular flexibility index (Phi) is 6.48. The van der Waals surface area contributed by atoms with Crippen molar-refractivity contribution in [3.8, 4) is 0 Å². The number of ether oxygens (including phenoxy) is 1. The molecular weight excluding hydrogens is 246 g/mol. The number of anilines is 2. The van der Waals surface area contributed by atoms with Crippen molar-refractivity contribution in [2.24, 2.45) is 5.84 Å². The van der Waals surface area contributed by atoms with E-state index in [1.165, 1.54) is 0 Å². The van der Waals surface area contributed by atoms with Crippen LogP contribution in [0.15, 0.2) is 0 Å². The first kappa shape index (κ1) is 15.6. The normalized spacial score (nSPS) is 10.6. The van der Waals surface area contributed by atoms with Gasteiger partial charge >= 0.3 is 0 Å². The summed E-state index contributed by atoms with van der Waals surface area (Å²) in [5.41, 5.74) is 3.51. The predicted octanol–water partition coefficient (Wildman–Crippen LogP) is 0.0781. The molecule has 1 aromatic heterocycles. The Hall–Kier alpha value is -1.44. The molecule has 1 heterocycles. The fraction of sp³-hybridized carbons (Fsp3) is 0.667. The predicted molar refractivity (Wildman–Crippen MR) is 75.1 cm³/mol. The largest absolute Gasteiger partial charge is 0.394 e. The molecule has 0 fully saturated rings. The Bertz CT molecular complexity index is 400. The van der Waals surface area contributed by atoms with Gasteiger partial charge in [-0.3, -0.25) is 0 Å². The molecular formula is C12H23N5O2. The van der Waals surface area contributed by atoms with Crippen molar-refractivity contribution in [1.29, 1.82) is 0 Å². The Morgan fingerprint density at radius 1 is 1.37 bits per heavy atom. The van der Waals surface area contributed by atoms with E-state index in [0.29, 0.717) is 25.6 Å². The molecule has 1 aromatic rings. The standard InChI is InChI=1S/C12H23N5O2/c1-4-10-14-11(16-13)9(2)12(15-10)17(3)5-7-19-8-6-18/h18H,4-8,13H2,1-3H3,(H,14,15,16). The topological polar surface area (TPSA) is 96.5 Å². The number of aliphatic hydroxyl groups is 1. The number of hydrogen-bond acceptors (Lipinski definition) is 7. The van der Waals surface area contributed by atoms with Gasteiger partial charge in [0.1, 0.15) is 17.5 Å². The third-order valence-electron chi connectivity index (χ3n) is 2.79. The van der Waals surface area contributed by atoms with Crippen LogP contribution in [0.25, 0.3) is 0 Å². The van der Waals surface area contributed by atoms with Crippen molar-refractivity contribution >= 4 is 11.6 Å². The third kappa shape index (κ3) is 4.30. The van der Waals surface area contributed by atoms with E-state index in [2.05, 4.69) is 15.4 Å². The lowest BCUT2D eigenvalue weighted by Crippen LogP contribution is -2.26. The van der Waals surface area contributed by atoms with Gasteiger partial charge in [0.05, 0.1) is 19.8 Å². The van der Waals surface area contributed by atoms with Crippen molar-refractivity contribution in [3.05, 3.63) is 11.4 Å². The van der Waals surface area contributed by atoms with Crippen LogP contribution in [0, 0.1) is 6.92 Å². The van der Waals surface area contributed by atoms with E-state index in [-0.39, 0.29) is 6.61 Å². The molecule has 1 rings (SSSR count).